The van der Waals surface area contributed by atoms with Crippen molar-refractivity contribution in [2.75, 3.05) is 14.1 Å². The van der Waals surface area contributed by atoms with Crippen molar-refractivity contribution in [1.82, 2.24) is 14.7 Å². The van der Waals surface area contributed by atoms with Crippen LogP contribution >= 0.6 is 0 Å². The molecule has 0 aliphatic carbocycles. The third-order valence-corrected chi connectivity index (χ3v) is 3.43. The Morgan fingerprint density at radius 2 is 1.68 bits per heavy atom. The van der Waals surface area contributed by atoms with Crippen LogP contribution in [-0.2, 0) is 6.54 Å². The summed E-state index contributed by atoms with van der Waals surface area (Å²) in [7, 11) is 3.98. The summed E-state index contributed by atoms with van der Waals surface area (Å²) < 4.78 is 15.9. The number of rotatable bonds is 4. The summed E-state index contributed by atoms with van der Waals surface area (Å²) in [6, 6.07) is 16.6. The highest BCUT2D eigenvalue weighted by Gasteiger charge is 2.15. The summed E-state index contributed by atoms with van der Waals surface area (Å²) in [4.78, 5) is 2.05. The lowest BCUT2D eigenvalue weighted by molar-refractivity contribution is 0.403. The van der Waals surface area contributed by atoms with Gasteiger partial charge >= 0.3 is 0 Å². The fourth-order valence-electron chi connectivity index (χ4n) is 2.46. The number of para-hydroxylation sites is 1. The van der Waals surface area contributed by atoms with E-state index >= 15 is 0 Å². The zero-order valence-electron chi connectivity index (χ0n) is 12.7. The van der Waals surface area contributed by atoms with Crippen molar-refractivity contribution >= 4 is 0 Å². The molecule has 0 atom stereocenters. The Hall–Kier alpha value is -2.46. The molecule has 0 amide bonds. The van der Waals surface area contributed by atoms with E-state index < -0.39 is 0 Å². The van der Waals surface area contributed by atoms with Gasteiger partial charge in [0, 0.05) is 23.9 Å². The minimum absolute atomic E-state index is 0.249. The monoisotopic (exact) mass is 295 g/mol. The maximum Gasteiger partial charge on any atom is 0.132 e. The molecule has 0 bridgehead atoms. The molecule has 0 saturated carbocycles. The number of nitrogens with zero attached hydrogens (tertiary/aromatic N) is 3. The van der Waals surface area contributed by atoms with Gasteiger partial charge in [-0.1, -0.05) is 30.3 Å². The summed E-state index contributed by atoms with van der Waals surface area (Å²) in [5, 5.41) is 4.61. The molecule has 112 valence electrons. The maximum absolute atomic E-state index is 14.1. The average Bonchev–Trinajstić information content (AvgIpc) is 2.91. The molecule has 0 fully saturated rings. The number of hydrogen-bond donors (Lipinski definition) is 0. The van der Waals surface area contributed by atoms with Crippen LogP contribution in [0.15, 0.2) is 60.8 Å². The Bertz CT molecular complexity index is 763. The quantitative estimate of drug-likeness (QED) is 0.731. The van der Waals surface area contributed by atoms with Gasteiger partial charge in [0.15, 0.2) is 0 Å². The lowest BCUT2D eigenvalue weighted by Crippen LogP contribution is -2.10. The van der Waals surface area contributed by atoms with Gasteiger partial charge in [-0.15, -0.1) is 0 Å². The van der Waals surface area contributed by atoms with Gasteiger partial charge in [-0.3, -0.25) is 0 Å². The molecule has 4 heteroatoms. The third-order valence-electron chi connectivity index (χ3n) is 3.43. The van der Waals surface area contributed by atoms with Crippen LogP contribution in [0.2, 0.25) is 0 Å². The highest BCUT2D eigenvalue weighted by Crippen LogP contribution is 2.26. The van der Waals surface area contributed by atoms with Gasteiger partial charge in [0.05, 0.1) is 5.69 Å². The second-order valence-electron chi connectivity index (χ2n) is 5.50. The van der Waals surface area contributed by atoms with Crippen LogP contribution in [0.4, 0.5) is 4.39 Å². The number of hydrogen-bond acceptors (Lipinski definition) is 2. The van der Waals surface area contributed by atoms with Gasteiger partial charge in [-0.05, 0) is 38.4 Å². The molecule has 0 unspecified atom stereocenters. The Labute approximate surface area is 129 Å². The predicted octanol–water partition coefficient (Wildman–Crippen LogP) is 3.74. The molecular formula is C18H18FN3. The first kappa shape index (κ1) is 14.5. The molecule has 0 saturated heterocycles. The Morgan fingerprint density at radius 1 is 1.00 bits per heavy atom. The smallest absolute Gasteiger partial charge is 0.132 e. The van der Waals surface area contributed by atoms with Gasteiger partial charge in [-0.2, -0.15) is 5.10 Å². The molecule has 1 aromatic heterocycles. The fourth-order valence-corrected chi connectivity index (χ4v) is 2.46. The summed E-state index contributed by atoms with van der Waals surface area (Å²) >= 11 is 0. The van der Waals surface area contributed by atoms with Crippen LogP contribution in [0.25, 0.3) is 16.9 Å². The van der Waals surface area contributed by atoms with Crippen molar-refractivity contribution in [3.05, 3.63) is 72.2 Å². The molecule has 0 N–H and O–H groups in total. The van der Waals surface area contributed by atoms with E-state index in [1.165, 1.54) is 6.07 Å². The van der Waals surface area contributed by atoms with E-state index in [-0.39, 0.29) is 5.82 Å². The van der Waals surface area contributed by atoms with Crippen LogP contribution in [-0.4, -0.2) is 28.8 Å². The van der Waals surface area contributed by atoms with Gasteiger partial charge in [-0.25, -0.2) is 9.07 Å². The molecular weight excluding hydrogens is 277 g/mol. The second kappa shape index (κ2) is 6.12. The van der Waals surface area contributed by atoms with E-state index in [1.54, 1.807) is 16.8 Å². The van der Waals surface area contributed by atoms with E-state index in [2.05, 4.69) is 10.00 Å². The maximum atomic E-state index is 14.1. The van der Waals surface area contributed by atoms with E-state index in [4.69, 9.17) is 0 Å². The van der Waals surface area contributed by atoms with E-state index in [9.17, 15) is 4.39 Å². The summed E-state index contributed by atoms with van der Waals surface area (Å²) in [6.45, 7) is 0.705. The minimum atomic E-state index is -0.249. The summed E-state index contributed by atoms with van der Waals surface area (Å²) in [5.41, 5.74) is 3.19. The van der Waals surface area contributed by atoms with Crippen LogP contribution in [0.3, 0.4) is 0 Å². The van der Waals surface area contributed by atoms with Gasteiger partial charge in [0.1, 0.15) is 11.5 Å². The largest absolute Gasteiger partial charge is 0.305 e. The predicted molar refractivity (Wildman–Crippen MR) is 86.3 cm³/mol. The Balaban J connectivity index is 2.12. The SMILES string of the molecule is CN(C)Cc1cn(-c2ccccc2)nc1-c1ccccc1F. The van der Waals surface area contributed by atoms with Gasteiger partial charge in [0.25, 0.3) is 0 Å². The molecule has 3 rings (SSSR count). The van der Waals surface area contributed by atoms with Crippen LogP contribution in [0, 0.1) is 5.82 Å². The van der Waals surface area contributed by atoms with Crippen molar-refractivity contribution in [3.63, 3.8) is 0 Å². The molecule has 0 radical (unpaired) electrons. The van der Waals surface area contributed by atoms with Gasteiger partial charge in [0.2, 0.25) is 0 Å². The van der Waals surface area contributed by atoms with E-state index in [0.29, 0.717) is 17.8 Å². The molecule has 0 aliphatic heterocycles. The third kappa shape index (κ3) is 2.92. The molecule has 0 aliphatic rings. The topological polar surface area (TPSA) is 21.1 Å². The van der Waals surface area contributed by atoms with Gasteiger partial charge < -0.3 is 4.90 Å². The van der Waals surface area contributed by atoms with E-state index in [0.717, 1.165) is 11.3 Å². The highest BCUT2D eigenvalue weighted by atomic mass is 19.1. The van der Waals surface area contributed by atoms with Crippen LogP contribution < -0.4 is 0 Å². The highest BCUT2D eigenvalue weighted by molar-refractivity contribution is 5.64. The number of halogens is 1. The van der Waals surface area contributed by atoms with Crippen molar-refractivity contribution in [1.29, 1.82) is 0 Å². The Morgan fingerprint density at radius 3 is 2.36 bits per heavy atom. The van der Waals surface area contributed by atoms with Crippen molar-refractivity contribution in [2.24, 2.45) is 0 Å². The lowest BCUT2D eigenvalue weighted by atomic mass is 10.1. The normalized spacial score (nSPS) is 11.1. The lowest BCUT2D eigenvalue weighted by Gasteiger charge is -2.09. The first-order valence-corrected chi connectivity index (χ1v) is 7.19. The first-order chi connectivity index (χ1) is 10.6. The van der Waals surface area contributed by atoms with Crippen LogP contribution in [0.5, 0.6) is 0 Å². The average molecular weight is 295 g/mol. The first-order valence-electron chi connectivity index (χ1n) is 7.19. The van der Waals surface area contributed by atoms with Crippen molar-refractivity contribution in [3.8, 4) is 16.9 Å². The summed E-state index contributed by atoms with van der Waals surface area (Å²) in [6.07, 6.45) is 1.97. The number of aromatic nitrogens is 2. The van der Waals surface area contributed by atoms with Crippen molar-refractivity contribution in [2.45, 2.75) is 6.54 Å². The summed E-state index contributed by atoms with van der Waals surface area (Å²) in [5.74, 6) is -0.249. The fraction of sp³-hybridized carbons (Fsp3) is 0.167. The van der Waals surface area contributed by atoms with Crippen molar-refractivity contribution < 1.29 is 4.39 Å². The number of benzene rings is 2. The molecule has 22 heavy (non-hydrogen) atoms. The molecule has 2 aromatic carbocycles. The molecule has 1 heterocycles. The van der Waals surface area contributed by atoms with Crippen LogP contribution in [0.1, 0.15) is 5.56 Å². The zero-order valence-corrected chi connectivity index (χ0v) is 12.7. The molecule has 3 nitrogen and oxygen atoms in total. The van der Waals surface area contributed by atoms with E-state index in [1.807, 2.05) is 56.7 Å². The minimum Gasteiger partial charge on any atom is -0.305 e. The zero-order chi connectivity index (χ0) is 15.5. The standard InChI is InChI=1S/C18H18FN3/c1-21(2)12-14-13-22(15-8-4-3-5-9-15)20-18(14)16-10-6-7-11-17(16)19/h3-11,13H,12H2,1-2H3. The molecule has 0 spiro atoms. The molecule has 3 aromatic rings. The Kier molecular flexibility index (Phi) is 4.02. The second-order valence-corrected chi connectivity index (χ2v) is 5.50.